The van der Waals surface area contributed by atoms with Crippen molar-refractivity contribution in [2.45, 2.75) is 116 Å². The quantitative estimate of drug-likeness (QED) is 0.356. The number of fused-ring (bicyclic) bond motifs is 5. The van der Waals surface area contributed by atoms with E-state index in [2.05, 4.69) is 26.1 Å². The molecule has 0 heterocycles. The summed E-state index contributed by atoms with van der Waals surface area (Å²) in [7, 11) is 0. The predicted octanol–water partition coefficient (Wildman–Crippen LogP) is 4.82. The summed E-state index contributed by atoms with van der Waals surface area (Å²) < 4.78 is 0. The third kappa shape index (κ3) is 5.19. The van der Waals surface area contributed by atoms with Crippen molar-refractivity contribution in [1.82, 2.24) is 5.32 Å². The summed E-state index contributed by atoms with van der Waals surface area (Å²) >= 11 is 0. The number of carbonyl (C=O) groups excluding carboxylic acids is 1. The lowest BCUT2D eigenvalue weighted by molar-refractivity contribution is -0.139. The molecule has 0 aromatic carbocycles. The Balaban J connectivity index is 1.36. The first-order valence-corrected chi connectivity index (χ1v) is 14.4. The van der Waals surface area contributed by atoms with Crippen molar-refractivity contribution in [3.63, 3.8) is 0 Å². The summed E-state index contributed by atoms with van der Waals surface area (Å²) in [6, 6.07) is -0.791. The van der Waals surface area contributed by atoms with E-state index in [0.29, 0.717) is 28.6 Å². The Hall–Kier alpha value is -1.63. The van der Waals surface area contributed by atoms with Gasteiger partial charge in [-0.25, -0.2) is 0 Å². The highest BCUT2D eigenvalue weighted by Gasteiger charge is 2.60. The van der Waals surface area contributed by atoms with Crippen LogP contribution in [0.15, 0.2) is 0 Å². The molecular formula is C29H48N2O5. The highest BCUT2D eigenvalue weighted by atomic mass is 16.4. The van der Waals surface area contributed by atoms with Crippen molar-refractivity contribution in [3.05, 3.63) is 0 Å². The molecule has 0 spiro atoms. The summed E-state index contributed by atoms with van der Waals surface area (Å²) in [5.41, 5.74) is 6.25. The Morgan fingerprint density at radius 3 is 2.31 bits per heavy atom. The molecule has 1 amide bonds. The van der Waals surface area contributed by atoms with E-state index in [1.54, 1.807) is 0 Å². The number of rotatable bonds is 9. The number of hydrogen-bond acceptors (Lipinski definition) is 4. The first kappa shape index (κ1) is 27.4. The van der Waals surface area contributed by atoms with Crippen molar-refractivity contribution in [3.8, 4) is 0 Å². The van der Waals surface area contributed by atoms with Gasteiger partial charge in [0, 0.05) is 18.9 Å². The molecule has 0 aromatic heterocycles. The summed E-state index contributed by atoms with van der Waals surface area (Å²) in [5.74, 6) is 2.26. The van der Waals surface area contributed by atoms with Crippen LogP contribution in [0.1, 0.15) is 104 Å². The highest BCUT2D eigenvalue weighted by Crippen LogP contribution is 2.68. The molecule has 7 heteroatoms. The molecule has 4 rings (SSSR count). The normalized spacial score (nSPS) is 41.3. The molecule has 0 bridgehead atoms. The summed E-state index contributed by atoms with van der Waals surface area (Å²) in [6.45, 7) is 7.35. The number of nitrogens with one attached hydrogen (secondary N) is 1. The zero-order valence-electron chi connectivity index (χ0n) is 22.5. The van der Waals surface area contributed by atoms with Crippen molar-refractivity contribution in [2.75, 3.05) is 0 Å². The summed E-state index contributed by atoms with van der Waals surface area (Å²) in [4.78, 5) is 34.5. The molecule has 4 aliphatic carbocycles. The van der Waals surface area contributed by atoms with Gasteiger partial charge in [0.05, 0.1) is 0 Å². The van der Waals surface area contributed by atoms with Crippen LogP contribution < -0.4 is 11.1 Å². The molecule has 5 N–H and O–H groups in total. The number of aliphatic carboxylic acids is 2. The van der Waals surface area contributed by atoms with Gasteiger partial charge in [0.15, 0.2) is 0 Å². The SMILES string of the molecule is C[C@H](CCC(=O)O)[C@H]1CC[C@H]2[C@@H]3CC[C@@H]4C[C@@H](NC(=O)CC[C@H](N)C(=O)O)CC[C@]4(C)[C@H]3CC[C@]12C. The molecule has 0 aliphatic heterocycles. The first-order valence-electron chi connectivity index (χ1n) is 14.4. The molecule has 0 radical (unpaired) electrons. The van der Waals surface area contributed by atoms with Crippen LogP contribution in [0, 0.1) is 46.3 Å². The fourth-order valence-electron chi connectivity index (χ4n) is 9.63. The fourth-order valence-corrected chi connectivity index (χ4v) is 9.63. The van der Waals surface area contributed by atoms with E-state index in [0.717, 1.165) is 43.4 Å². The minimum Gasteiger partial charge on any atom is -0.481 e. The molecule has 0 aromatic rings. The van der Waals surface area contributed by atoms with Crippen LogP contribution in [0.5, 0.6) is 0 Å². The molecule has 0 unspecified atom stereocenters. The predicted molar refractivity (Wildman–Crippen MR) is 138 cm³/mol. The number of hydrogen-bond donors (Lipinski definition) is 4. The van der Waals surface area contributed by atoms with Crippen LogP contribution in [0.3, 0.4) is 0 Å². The van der Waals surface area contributed by atoms with Crippen LogP contribution in [0.25, 0.3) is 0 Å². The second-order valence-electron chi connectivity index (χ2n) is 13.3. The molecule has 4 aliphatic rings. The Kier molecular flexibility index (Phi) is 8.09. The molecule has 4 saturated carbocycles. The number of carboxylic acid groups (broad SMARTS) is 2. The Morgan fingerprint density at radius 2 is 1.61 bits per heavy atom. The van der Waals surface area contributed by atoms with Gasteiger partial charge in [-0.15, -0.1) is 0 Å². The molecule has 4 fully saturated rings. The lowest BCUT2D eigenvalue weighted by Crippen LogP contribution is -2.55. The van der Waals surface area contributed by atoms with Crippen LogP contribution in [-0.2, 0) is 14.4 Å². The number of nitrogens with two attached hydrogens (primary N) is 1. The van der Waals surface area contributed by atoms with Gasteiger partial charge in [-0.1, -0.05) is 20.8 Å². The van der Waals surface area contributed by atoms with Crippen LogP contribution >= 0.6 is 0 Å². The van der Waals surface area contributed by atoms with Gasteiger partial charge >= 0.3 is 11.9 Å². The molecule has 10 atom stereocenters. The van der Waals surface area contributed by atoms with E-state index >= 15 is 0 Å². The van der Waals surface area contributed by atoms with Gasteiger partial charge in [0.2, 0.25) is 5.91 Å². The maximum absolute atomic E-state index is 12.4. The van der Waals surface area contributed by atoms with E-state index in [1.807, 2.05) is 0 Å². The molecule has 7 nitrogen and oxygen atoms in total. The van der Waals surface area contributed by atoms with E-state index in [9.17, 15) is 19.5 Å². The lowest BCUT2D eigenvalue weighted by atomic mass is 9.44. The molecule has 204 valence electrons. The van der Waals surface area contributed by atoms with Crippen molar-refractivity contribution < 1.29 is 24.6 Å². The number of carbonyl (C=O) groups is 3. The third-order valence-corrected chi connectivity index (χ3v) is 11.6. The highest BCUT2D eigenvalue weighted by molar-refractivity contribution is 5.78. The van der Waals surface area contributed by atoms with Gasteiger partial charge in [-0.05, 0) is 117 Å². The first-order chi connectivity index (χ1) is 17.0. The minimum absolute atomic E-state index is 0.0727. The third-order valence-electron chi connectivity index (χ3n) is 11.6. The van der Waals surface area contributed by atoms with Gasteiger partial charge in [-0.2, -0.15) is 0 Å². The largest absolute Gasteiger partial charge is 0.481 e. The second kappa shape index (κ2) is 10.6. The van der Waals surface area contributed by atoms with Crippen LogP contribution in [0.4, 0.5) is 0 Å². The standard InChI is InChI=1S/C29H48N2O5/c1-17(4-11-26(33)34)21-7-8-22-20-6-5-18-16-19(31-25(32)10-9-24(30)27(35)36)12-14-28(18,2)23(20)13-15-29(21,22)3/h17-24H,4-16,30H2,1-3H3,(H,31,32)(H,33,34)(H,35,36)/t17-,18-,19+,20+,21-,22+,23+,24+,28+,29-/m1/s1. The smallest absolute Gasteiger partial charge is 0.320 e. The second-order valence-corrected chi connectivity index (χ2v) is 13.3. The van der Waals surface area contributed by atoms with E-state index in [1.165, 1.54) is 38.5 Å². The zero-order chi connectivity index (χ0) is 26.3. The maximum atomic E-state index is 12.4. The minimum atomic E-state index is -1.06. The monoisotopic (exact) mass is 504 g/mol. The molecule has 0 saturated heterocycles. The average molecular weight is 505 g/mol. The van der Waals surface area contributed by atoms with Gasteiger partial charge in [0.1, 0.15) is 6.04 Å². The summed E-state index contributed by atoms with van der Waals surface area (Å²) in [6.07, 6.45) is 12.3. The fraction of sp³-hybridized carbons (Fsp3) is 0.897. The van der Waals surface area contributed by atoms with Crippen molar-refractivity contribution >= 4 is 17.8 Å². The Labute approximate surface area is 216 Å². The van der Waals surface area contributed by atoms with E-state index in [-0.39, 0.29) is 31.2 Å². The summed E-state index contributed by atoms with van der Waals surface area (Å²) in [5, 5.41) is 21.3. The topological polar surface area (TPSA) is 130 Å². The Morgan fingerprint density at radius 1 is 0.917 bits per heavy atom. The zero-order valence-corrected chi connectivity index (χ0v) is 22.5. The van der Waals surface area contributed by atoms with Crippen LogP contribution in [0.2, 0.25) is 0 Å². The van der Waals surface area contributed by atoms with Crippen LogP contribution in [-0.4, -0.2) is 40.1 Å². The van der Waals surface area contributed by atoms with E-state index in [4.69, 9.17) is 10.8 Å². The van der Waals surface area contributed by atoms with Gasteiger partial charge < -0.3 is 21.3 Å². The van der Waals surface area contributed by atoms with Gasteiger partial charge in [0.25, 0.3) is 0 Å². The molecule has 36 heavy (non-hydrogen) atoms. The number of amides is 1. The molecular weight excluding hydrogens is 456 g/mol. The van der Waals surface area contributed by atoms with Gasteiger partial charge in [-0.3, -0.25) is 14.4 Å². The lowest BCUT2D eigenvalue weighted by Gasteiger charge is -2.61. The average Bonchev–Trinajstić information content (AvgIpc) is 3.18. The maximum Gasteiger partial charge on any atom is 0.320 e. The van der Waals surface area contributed by atoms with E-state index < -0.39 is 18.0 Å². The Bertz CT molecular complexity index is 848. The van der Waals surface area contributed by atoms with Crippen molar-refractivity contribution in [1.29, 1.82) is 0 Å². The van der Waals surface area contributed by atoms with Crippen molar-refractivity contribution in [2.24, 2.45) is 52.1 Å². The number of carboxylic acids is 2.